The molecule has 0 atom stereocenters. The predicted molar refractivity (Wildman–Crippen MR) is 87.6 cm³/mol. The molecule has 0 saturated heterocycles. The number of rotatable bonds is 3. The van der Waals surface area contributed by atoms with Crippen molar-refractivity contribution < 1.29 is 0 Å². The molecule has 0 amide bonds. The van der Waals surface area contributed by atoms with Gasteiger partial charge in [-0.05, 0) is 48.3 Å². The highest BCUT2D eigenvalue weighted by molar-refractivity contribution is 9.10. The van der Waals surface area contributed by atoms with E-state index in [-0.39, 0.29) is 5.41 Å². The standard InChI is InChI=1S/C16H22BrN3/c1-10-6-7-13(11(2)8-10)20-12(3)14(17)15(19-20)16(4,5)9-18/h6-8H,9,18H2,1-5H3. The largest absolute Gasteiger partial charge is 0.330 e. The average molecular weight is 336 g/mol. The molecule has 4 heteroatoms. The molecule has 1 heterocycles. The zero-order chi connectivity index (χ0) is 15.1. The van der Waals surface area contributed by atoms with Crippen LogP contribution in [0.3, 0.4) is 0 Å². The molecule has 0 aliphatic rings. The van der Waals surface area contributed by atoms with E-state index in [1.807, 2.05) is 4.68 Å². The smallest absolute Gasteiger partial charge is 0.0842 e. The lowest BCUT2D eigenvalue weighted by molar-refractivity contribution is 0.513. The number of hydrogen-bond donors (Lipinski definition) is 1. The van der Waals surface area contributed by atoms with Gasteiger partial charge in [-0.3, -0.25) is 0 Å². The van der Waals surface area contributed by atoms with Crippen LogP contribution in [-0.4, -0.2) is 16.3 Å². The molecule has 2 N–H and O–H groups in total. The molecule has 0 saturated carbocycles. The Morgan fingerprint density at radius 3 is 2.45 bits per heavy atom. The second kappa shape index (κ2) is 5.34. The van der Waals surface area contributed by atoms with E-state index in [0.717, 1.165) is 21.5 Å². The zero-order valence-electron chi connectivity index (χ0n) is 12.8. The summed E-state index contributed by atoms with van der Waals surface area (Å²) in [7, 11) is 0. The Labute approximate surface area is 129 Å². The van der Waals surface area contributed by atoms with Crippen molar-refractivity contribution in [3.8, 4) is 5.69 Å². The Morgan fingerprint density at radius 2 is 1.90 bits per heavy atom. The monoisotopic (exact) mass is 335 g/mol. The van der Waals surface area contributed by atoms with Gasteiger partial charge in [-0.1, -0.05) is 31.5 Å². The summed E-state index contributed by atoms with van der Waals surface area (Å²) in [5.74, 6) is 0. The van der Waals surface area contributed by atoms with Crippen LogP contribution in [0.1, 0.15) is 36.4 Å². The molecule has 20 heavy (non-hydrogen) atoms. The van der Waals surface area contributed by atoms with Crippen LogP contribution < -0.4 is 5.73 Å². The van der Waals surface area contributed by atoms with E-state index in [2.05, 4.69) is 68.7 Å². The Kier molecular flexibility index (Phi) is 4.07. The molecule has 0 aliphatic carbocycles. The Balaban J connectivity index is 2.62. The first-order valence-electron chi connectivity index (χ1n) is 6.81. The number of aryl methyl sites for hydroxylation is 2. The minimum atomic E-state index is -0.145. The second-order valence-corrected chi connectivity index (χ2v) is 6.83. The minimum absolute atomic E-state index is 0.145. The van der Waals surface area contributed by atoms with Crippen molar-refractivity contribution in [2.24, 2.45) is 5.73 Å². The lowest BCUT2D eigenvalue weighted by Crippen LogP contribution is -2.29. The van der Waals surface area contributed by atoms with Crippen molar-refractivity contribution in [3.63, 3.8) is 0 Å². The van der Waals surface area contributed by atoms with Crippen molar-refractivity contribution in [3.05, 3.63) is 45.2 Å². The Morgan fingerprint density at radius 1 is 1.25 bits per heavy atom. The van der Waals surface area contributed by atoms with Crippen molar-refractivity contribution in [1.29, 1.82) is 0 Å². The molecule has 2 rings (SSSR count). The Bertz CT molecular complexity index is 641. The molecule has 1 aromatic heterocycles. The van der Waals surface area contributed by atoms with Crippen LogP contribution in [0, 0.1) is 20.8 Å². The third-order valence-corrected chi connectivity index (χ3v) is 4.72. The molecule has 0 radical (unpaired) electrons. The highest BCUT2D eigenvalue weighted by Gasteiger charge is 2.27. The fraction of sp³-hybridized carbons (Fsp3) is 0.438. The number of nitrogens with two attached hydrogens (primary N) is 1. The van der Waals surface area contributed by atoms with E-state index in [1.165, 1.54) is 11.1 Å². The van der Waals surface area contributed by atoms with Crippen LogP contribution in [0.25, 0.3) is 5.69 Å². The van der Waals surface area contributed by atoms with Crippen molar-refractivity contribution in [1.82, 2.24) is 9.78 Å². The highest BCUT2D eigenvalue weighted by Crippen LogP contribution is 2.32. The SMILES string of the molecule is Cc1ccc(-n2nc(C(C)(C)CN)c(Br)c2C)c(C)c1. The second-order valence-electron chi connectivity index (χ2n) is 6.04. The molecule has 1 aromatic carbocycles. The first-order chi connectivity index (χ1) is 9.27. The number of halogens is 1. The van der Waals surface area contributed by atoms with Crippen LogP contribution >= 0.6 is 15.9 Å². The third-order valence-electron chi connectivity index (χ3n) is 3.78. The Hall–Kier alpha value is -1.13. The van der Waals surface area contributed by atoms with E-state index in [4.69, 9.17) is 10.8 Å². The number of aromatic nitrogens is 2. The van der Waals surface area contributed by atoms with Gasteiger partial charge in [0.15, 0.2) is 0 Å². The van der Waals surface area contributed by atoms with Gasteiger partial charge in [-0.25, -0.2) is 4.68 Å². The molecular weight excluding hydrogens is 314 g/mol. The molecule has 0 unspecified atom stereocenters. The van der Waals surface area contributed by atoms with Crippen molar-refractivity contribution >= 4 is 15.9 Å². The maximum Gasteiger partial charge on any atom is 0.0842 e. The molecule has 3 nitrogen and oxygen atoms in total. The van der Waals surface area contributed by atoms with E-state index < -0.39 is 0 Å². The predicted octanol–water partition coefficient (Wildman–Crippen LogP) is 3.80. The van der Waals surface area contributed by atoms with Crippen LogP contribution in [-0.2, 0) is 5.41 Å². The summed E-state index contributed by atoms with van der Waals surface area (Å²) in [6.45, 7) is 11.1. The molecule has 2 aromatic rings. The van der Waals surface area contributed by atoms with Crippen LogP contribution in [0.4, 0.5) is 0 Å². The first-order valence-corrected chi connectivity index (χ1v) is 7.60. The van der Waals surface area contributed by atoms with Crippen LogP contribution in [0.15, 0.2) is 22.7 Å². The van der Waals surface area contributed by atoms with Gasteiger partial charge in [-0.15, -0.1) is 0 Å². The van der Waals surface area contributed by atoms with E-state index in [0.29, 0.717) is 6.54 Å². The molecular formula is C16H22BrN3. The molecule has 0 fully saturated rings. The van der Waals surface area contributed by atoms with Crippen LogP contribution in [0.5, 0.6) is 0 Å². The van der Waals surface area contributed by atoms with Crippen LogP contribution in [0.2, 0.25) is 0 Å². The van der Waals surface area contributed by atoms with Gasteiger partial charge in [0.05, 0.1) is 21.5 Å². The van der Waals surface area contributed by atoms with Gasteiger partial charge >= 0.3 is 0 Å². The first kappa shape index (κ1) is 15.3. The highest BCUT2D eigenvalue weighted by atomic mass is 79.9. The van der Waals surface area contributed by atoms with Gasteiger partial charge in [0.1, 0.15) is 0 Å². The fourth-order valence-corrected chi connectivity index (χ4v) is 3.07. The summed E-state index contributed by atoms with van der Waals surface area (Å²) in [5.41, 5.74) is 11.5. The molecule has 0 spiro atoms. The summed E-state index contributed by atoms with van der Waals surface area (Å²) in [6.07, 6.45) is 0. The molecule has 108 valence electrons. The lowest BCUT2D eigenvalue weighted by Gasteiger charge is -2.20. The van der Waals surface area contributed by atoms with Gasteiger partial charge in [0.25, 0.3) is 0 Å². The minimum Gasteiger partial charge on any atom is -0.330 e. The number of nitrogens with zero attached hydrogens (tertiary/aromatic N) is 2. The zero-order valence-corrected chi connectivity index (χ0v) is 14.4. The summed E-state index contributed by atoms with van der Waals surface area (Å²) < 4.78 is 3.05. The summed E-state index contributed by atoms with van der Waals surface area (Å²) >= 11 is 3.68. The average Bonchev–Trinajstić information content (AvgIpc) is 2.68. The third kappa shape index (κ3) is 2.54. The van der Waals surface area contributed by atoms with Crippen molar-refractivity contribution in [2.75, 3.05) is 6.54 Å². The topological polar surface area (TPSA) is 43.8 Å². The van der Waals surface area contributed by atoms with Gasteiger partial charge in [0.2, 0.25) is 0 Å². The lowest BCUT2D eigenvalue weighted by atomic mass is 9.89. The van der Waals surface area contributed by atoms with Gasteiger partial charge in [0, 0.05) is 12.0 Å². The normalized spacial score (nSPS) is 11.9. The quantitative estimate of drug-likeness (QED) is 0.927. The van der Waals surface area contributed by atoms with E-state index >= 15 is 0 Å². The molecule has 0 aliphatic heterocycles. The summed E-state index contributed by atoms with van der Waals surface area (Å²) in [5, 5.41) is 4.80. The fourth-order valence-electron chi connectivity index (χ4n) is 2.29. The number of benzene rings is 1. The maximum absolute atomic E-state index is 5.88. The summed E-state index contributed by atoms with van der Waals surface area (Å²) in [6, 6.07) is 6.42. The number of hydrogen-bond acceptors (Lipinski definition) is 2. The summed E-state index contributed by atoms with van der Waals surface area (Å²) in [4.78, 5) is 0. The van der Waals surface area contributed by atoms with Gasteiger partial charge in [-0.2, -0.15) is 5.10 Å². The van der Waals surface area contributed by atoms with E-state index in [9.17, 15) is 0 Å². The van der Waals surface area contributed by atoms with Gasteiger partial charge < -0.3 is 5.73 Å². The van der Waals surface area contributed by atoms with Crippen molar-refractivity contribution in [2.45, 2.75) is 40.0 Å². The van der Waals surface area contributed by atoms with E-state index in [1.54, 1.807) is 0 Å². The maximum atomic E-state index is 5.88. The molecule has 0 bridgehead atoms.